The Labute approximate surface area is 203 Å². The van der Waals surface area contributed by atoms with E-state index >= 15 is 0 Å². The number of ether oxygens (including phenoxy) is 1. The molecular formula is C29H37NO4. The molecule has 1 aliphatic rings. The maximum absolute atomic E-state index is 13.2. The fraction of sp³-hybridized carbons (Fsp3) is 0.483. The number of ketones is 1. The standard InChI is InChI=1S/C29H37NO4/c1-20(2)26(31)13-9-12-24-19-25(30(27(24)32)28(33)34-29(3,4)5)18-21-14-16-23(17-15-21)22-10-7-6-8-11-22/h6-8,10-11,14-17,20,24-25H,9,12-13,18-19H2,1-5H3. The van der Waals surface area contributed by atoms with Crippen LogP contribution in [0.4, 0.5) is 4.79 Å². The van der Waals surface area contributed by atoms with E-state index in [1.54, 1.807) is 20.8 Å². The van der Waals surface area contributed by atoms with E-state index in [1.165, 1.54) is 4.90 Å². The highest BCUT2D eigenvalue weighted by molar-refractivity contribution is 5.95. The largest absolute Gasteiger partial charge is 0.443 e. The zero-order valence-electron chi connectivity index (χ0n) is 21.0. The number of Topliss-reactive ketones (excluding diaryl/α,β-unsaturated/α-hetero) is 1. The number of carbonyl (C=O) groups is 3. The third-order valence-corrected chi connectivity index (χ3v) is 6.25. The Morgan fingerprint density at radius 2 is 1.62 bits per heavy atom. The van der Waals surface area contributed by atoms with Gasteiger partial charge in [0.05, 0.1) is 0 Å². The Hall–Kier alpha value is -2.95. The predicted octanol–water partition coefficient (Wildman–Crippen LogP) is 6.44. The lowest BCUT2D eigenvalue weighted by Crippen LogP contribution is -2.43. The van der Waals surface area contributed by atoms with Crippen LogP contribution in [0, 0.1) is 11.8 Å². The number of carbonyl (C=O) groups excluding carboxylic acids is 3. The highest BCUT2D eigenvalue weighted by Crippen LogP contribution is 2.33. The van der Waals surface area contributed by atoms with E-state index in [0.717, 1.165) is 16.7 Å². The van der Waals surface area contributed by atoms with E-state index in [2.05, 4.69) is 36.4 Å². The number of benzene rings is 2. The second kappa shape index (κ2) is 11.0. The van der Waals surface area contributed by atoms with Gasteiger partial charge in [0.2, 0.25) is 5.91 Å². The molecule has 0 bridgehead atoms. The molecule has 1 heterocycles. The predicted molar refractivity (Wildman–Crippen MR) is 134 cm³/mol. The fourth-order valence-corrected chi connectivity index (χ4v) is 4.42. The van der Waals surface area contributed by atoms with Gasteiger partial charge >= 0.3 is 6.09 Å². The maximum Gasteiger partial charge on any atom is 0.417 e. The molecule has 1 saturated heterocycles. The molecular weight excluding hydrogens is 426 g/mol. The lowest BCUT2D eigenvalue weighted by molar-refractivity contribution is -0.131. The van der Waals surface area contributed by atoms with Gasteiger partial charge in [0.1, 0.15) is 11.4 Å². The zero-order valence-corrected chi connectivity index (χ0v) is 21.0. The van der Waals surface area contributed by atoms with Crippen molar-refractivity contribution in [3.05, 3.63) is 60.2 Å². The first-order valence-electron chi connectivity index (χ1n) is 12.3. The fourth-order valence-electron chi connectivity index (χ4n) is 4.42. The normalized spacial score (nSPS) is 18.4. The Balaban J connectivity index is 1.73. The number of amides is 2. The molecule has 2 unspecified atom stereocenters. The van der Waals surface area contributed by atoms with Crippen molar-refractivity contribution < 1.29 is 19.1 Å². The van der Waals surface area contributed by atoms with E-state index in [4.69, 9.17) is 4.74 Å². The summed E-state index contributed by atoms with van der Waals surface area (Å²) in [7, 11) is 0. The lowest BCUT2D eigenvalue weighted by atomic mass is 9.93. The smallest absolute Gasteiger partial charge is 0.417 e. The van der Waals surface area contributed by atoms with Crippen molar-refractivity contribution in [1.82, 2.24) is 4.90 Å². The van der Waals surface area contributed by atoms with Crippen LogP contribution < -0.4 is 0 Å². The molecule has 3 rings (SSSR count). The van der Waals surface area contributed by atoms with Crippen molar-refractivity contribution in [1.29, 1.82) is 0 Å². The first kappa shape index (κ1) is 25.7. The van der Waals surface area contributed by atoms with E-state index in [0.29, 0.717) is 32.1 Å². The van der Waals surface area contributed by atoms with Crippen LogP contribution in [-0.2, 0) is 20.7 Å². The van der Waals surface area contributed by atoms with Crippen LogP contribution in [0.1, 0.15) is 65.9 Å². The maximum atomic E-state index is 13.2. The summed E-state index contributed by atoms with van der Waals surface area (Å²) in [5.74, 6) is -0.230. The number of rotatable bonds is 8. The molecule has 2 aromatic carbocycles. The summed E-state index contributed by atoms with van der Waals surface area (Å²) >= 11 is 0. The first-order chi connectivity index (χ1) is 16.0. The molecule has 1 fully saturated rings. The zero-order chi connectivity index (χ0) is 24.9. The molecule has 0 radical (unpaired) electrons. The van der Waals surface area contributed by atoms with E-state index in [1.807, 2.05) is 32.0 Å². The van der Waals surface area contributed by atoms with Gasteiger partial charge in [0.15, 0.2) is 0 Å². The molecule has 2 aromatic rings. The average Bonchev–Trinajstić information content (AvgIpc) is 3.08. The molecule has 0 aromatic heterocycles. The molecule has 0 saturated carbocycles. The summed E-state index contributed by atoms with van der Waals surface area (Å²) < 4.78 is 5.57. The van der Waals surface area contributed by atoms with Gasteiger partial charge in [-0.3, -0.25) is 9.59 Å². The van der Waals surface area contributed by atoms with Crippen LogP contribution >= 0.6 is 0 Å². The summed E-state index contributed by atoms with van der Waals surface area (Å²) in [6.45, 7) is 9.20. The molecule has 34 heavy (non-hydrogen) atoms. The number of likely N-dealkylation sites (tertiary alicyclic amines) is 1. The molecule has 1 aliphatic heterocycles. The molecule has 5 nitrogen and oxygen atoms in total. The molecule has 0 N–H and O–H groups in total. The minimum absolute atomic E-state index is 0.00384. The van der Waals surface area contributed by atoms with E-state index < -0.39 is 11.7 Å². The van der Waals surface area contributed by atoms with Crippen molar-refractivity contribution in [3.63, 3.8) is 0 Å². The first-order valence-corrected chi connectivity index (χ1v) is 12.3. The molecule has 182 valence electrons. The van der Waals surface area contributed by atoms with Gasteiger partial charge in [0, 0.05) is 24.3 Å². The number of imide groups is 1. The van der Waals surface area contributed by atoms with Crippen LogP contribution in [-0.4, -0.2) is 34.3 Å². The number of hydrogen-bond donors (Lipinski definition) is 0. The SMILES string of the molecule is CC(C)C(=O)CCCC1CC(Cc2ccc(-c3ccccc3)cc2)N(C(=O)OC(C)(C)C)C1=O. The Kier molecular flexibility index (Phi) is 8.29. The van der Waals surface area contributed by atoms with Gasteiger partial charge < -0.3 is 4.74 Å². The summed E-state index contributed by atoms with van der Waals surface area (Å²) in [5, 5.41) is 0. The Bertz CT molecular complexity index is 989. The van der Waals surface area contributed by atoms with Crippen molar-refractivity contribution >= 4 is 17.8 Å². The van der Waals surface area contributed by atoms with Gasteiger partial charge in [0.25, 0.3) is 0 Å². The number of hydrogen-bond acceptors (Lipinski definition) is 4. The second-order valence-corrected chi connectivity index (χ2v) is 10.6. The average molecular weight is 464 g/mol. The van der Waals surface area contributed by atoms with E-state index in [9.17, 15) is 14.4 Å². The van der Waals surface area contributed by atoms with Crippen LogP contribution in [0.15, 0.2) is 54.6 Å². The second-order valence-electron chi connectivity index (χ2n) is 10.6. The van der Waals surface area contributed by atoms with Crippen molar-refractivity contribution in [3.8, 4) is 11.1 Å². The van der Waals surface area contributed by atoms with Crippen molar-refractivity contribution in [2.45, 2.75) is 78.4 Å². The van der Waals surface area contributed by atoms with Crippen LogP contribution in [0.3, 0.4) is 0 Å². The molecule has 2 atom stereocenters. The minimum Gasteiger partial charge on any atom is -0.443 e. The molecule has 0 spiro atoms. The summed E-state index contributed by atoms with van der Waals surface area (Å²) in [6.07, 6.45) is 2.34. The van der Waals surface area contributed by atoms with Crippen LogP contribution in [0.5, 0.6) is 0 Å². The quantitative estimate of drug-likeness (QED) is 0.452. The van der Waals surface area contributed by atoms with Gasteiger partial charge in [-0.15, -0.1) is 0 Å². The van der Waals surface area contributed by atoms with E-state index in [-0.39, 0.29) is 29.6 Å². The highest BCUT2D eigenvalue weighted by Gasteiger charge is 2.44. The molecule has 5 heteroatoms. The van der Waals surface area contributed by atoms with Gasteiger partial charge in [-0.25, -0.2) is 9.69 Å². The summed E-state index contributed by atoms with van der Waals surface area (Å²) in [6, 6.07) is 18.2. The van der Waals surface area contributed by atoms with Gasteiger partial charge in [-0.05, 0) is 63.1 Å². The number of nitrogens with zero attached hydrogens (tertiary/aromatic N) is 1. The third kappa shape index (κ3) is 6.78. The Morgan fingerprint density at radius 3 is 2.21 bits per heavy atom. The minimum atomic E-state index is -0.680. The summed E-state index contributed by atoms with van der Waals surface area (Å²) in [4.78, 5) is 39.5. The third-order valence-electron chi connectivity index (χ3n) is 6.25. The van der Waals surface area contributed by atoms with Crippen molar-refractivity contribution in [2.24, 2.45) is 11.8 Å². The Morgan fingerprint density at radius 1 is 1.00 bits per heavy atom. The van der Waals surface area contributed by atoms with Crippen LogP contribution in [0.25, 0.3) is 11.1 Å². The monoisotopic (exact) mass is 463 g/mol. The molecule has 0 aliphatic carbocycles. The topological polar surface area (TPSA) is 63.7 Å². The van der Waals surface area contributed by atoms with Gasteiger partial charge in [-0.2, -0.15) is 0 Å². The van der Waals surface area contributed by atoms with Crippen molar-refractivity contribution in [2.75, 3.05) is 0 Å². The molecule has 2 amide bonds. The van der Waals surface area contributed by atoms with Crippen LogP contribution in [0.2, 0.25) is 0 Å². The highest BCUT2D eigenvalue weighted by atomic mass is 16.6. The lowest BCUT2D eigenvalue weighted by Gasteiger charge is -2.27. The summed E-state index contributed by atoms with van der Waals surface area (Å²) in [5.41, 5.74) is 2.67. The van der Waals surface area contributed by atoms with Gasteiger partial charge in [-0.1, -0.05) is 68.4 Å².